The Kier molecular flexibility index (Phi) is 5.99. The summed E-state index contributed by atoms with van der Waals surface area (Å²) < 4.78 is 13.6. The number of nitrogens with one attached hydrogen (secondary N) is 2. The maximum atomic E-state index is 7.85. The van der Waals surface area contributed by atoms with Crippen molar-refractivity contribution in [2.75, 3.05) is 6.61 Å². The van der Waals surface area contributed by atoms with E-state index in [4.69, 9.17) is 20.3 Å². The van der Waals surface area contributed by atoms with Crippen LogP contribution in [-0.2, 0) is 6.54 Å². The lowest BCUT2D eigenvalue weighted by Gasteiger charge is -2.10. The van der Waals surface area contributed by atoms with Crippen molar-refractivity contribution in [3.63, 3.8) is 0 Å². The van der Waals surface area contributed by atoms with Crippen LogP contribution in [0.1, 0.15) is 17.8 Å². The quantitative estimate of drug-likeness (QED) is 0.551. The summed E-state index contributed by atoms with van der Waals surface area (Å²) >= 11 is 0. The fraction of sp³-hybridized carbons (Fsp3) is 0.190. The number of benzene rings is 2. The minimum absolute atomic E-state index is 0.335. The molecule has 27 heavy (non-hydrogen) atoms. The Hall–Kier alpha value is -3.41. The van der Waals surface area contributed by atoms with Crippen LogP contribution in [0.4, 0.5) is 0 Å². The van der Waals surface area contributed by atoms with E-state index in [9.17, 15) is 0 Å². The van der Waals surface area contributed by atoms with E-state index < -0.39 is 0 Å². The number of aryl methyl sites for hydroxylation is 1. The summed E-state index contributed by atoms with van der Waals surface area (Å²) in [5, 5.41) is 14.9. The molecule has 6 nitrogen and oxygen atoms in total. The predicted octanol–water partition coefficient (Wildman–Crippen LogP) is 4.47. The fourth-order valence-electron chi connectivity index (χ4n) is 2.59. The SMILES string of the molecule is Cc1nccn1CCOc1ccc(Oc2ccc(C(=N)CC=N)cc2)cc1. The minimum atomic E-state index is 0.335. The summed E-state index contributed by atoms with van der Waals surface area (Å²) in [6.07, 6.45) is 5.29. The Morgan fingerprint density at radius 2 is 1.67 bits per heavy atom. The van der Waals surface area contributed by atoms with Crippen LogP contribution in [0.15, 0.2) is 60.9 Å². The molecule has 6 heteroatoms. The Morgan fingerprint density at radius 3 is 2.26 bits per heavy atom. The molecule has 0 atom stereocenters. The Balaban J connectivity index is 1.52. The van der Waals surface area contributed by atoms with Gasteiger partial charge in [-0.05, 0) is 61.0 Å². The van der Waals surface area contributed by atoms with Crippen LogP contribution in [0.25, 0.3) is 0 Å². The molecule has 0 fully saturated rings. The lowest BCUT2D eigenvalue weighted by molar-refractivity contribution is 0.296. The first-order valence-electron chi connectivity index (χ1n) is 8.71. The van der Waals surface area contributed by atoms with Gasteiger partial charge in [0, 0.05) is 30.7 Å². The smallest absolute Gasteiger partial charge is 0.127 e. The maximum absolute atomic E-state index is 7.85. The van der Waals surface area contributed by atoms with Crippen LogP contribution in [0, 0.1) is 17.7 Å². The average Bonchev–Trinajstić information content (AvgIpc) is 3.09. The molecule has 0 amide bonds. The molecule has 3 rings (SSSR count). The molecule has 1 heterocycles. The highest BCUT2D eigenvalue weighted by Gasteiger charge is 2.03. The first-order valence-corrected chi connectivity index (χ1v) is 8.71. The molecule has 0 aliphatic carbocycles. The second kappa shape index (κ2) is 8.80. The van der Waals surface area contributed by atoms with Crippen LogP contribution in [0.5, 0.6) is 17.2 Å². The van der Waals surface area contributed by atoms with E-state index in [-0.39, 0.29) is 0 Å². The first-order chi connectivity index (χ1) is 13.2. The van der Waals surface area contributed by atoms with Gasteiger partial charge in [-0.3, -0.25) is 0 Å². The molecule has 0 saturated carbocycles. The molecular formula is C21H22N4O2. The van der Waals surface area contributed by atoms with Gasteiger partial charge in [-0.1, -0.05) is 0 Å². The third-order valence-electron chi connectivity index (χ3n) is 4.09. The first kappa shape index (κ1) is 18.4. The van der Waals surface area contributed by atoms with Crippen molar-refractivity contribution < 1.29 is 9.47 Å². The topological polar surface area (TPSA) is 84.0 Å². The Morgan fingerprint density at radius 1 is 1.04 bits per heavy atom. The highest BCUT2D eigenvalue weighted by atomic mass is 16.5. The highest BCUT2D eigenvalue weighted by molar-refractivity contribution is 6.04. The van der Waals surface area contributed by atoms with Gasteiger partial charge in [0.15, 0.2) is 0 Å². The summed E-state index contributed by atoms with van der Waals surface area (Å²) in [6, 6.07) is 14.8. The van der Waals surface area contributed by atoms with E-state index in [1.807, 2.05) is 66.2 Å². The van der Waals surface area contributed by atoms with Crippen LogP contribution in [0.3, 0.4) is 0 Å². The third-order valence-corrected chi connectivity index (χ3v) is 4.09. The molecule has 2 aromatic carbocycles. The standard InChI is InChI=1S/C21H22N4O2/c1-16-24-12-13-25(16)14-15-26-18-6-8-20(9-7-18)27-19-4-2-17(3-5-19)21(23)10-11-22/h2-9,11-13,22-23H,10,14-15H2,1H3. The molecule has 0 radical (unpaired) electrons. The van der Waals surface area contributed by atoms with Gasteiger partial charge in [0.05, 0.1) is 6.54 Å². The average molecular weight is 362 g/mol. The number of aromatic nitrogens is 2. The van der Waals surface area contributed by atoms with E-state index in [1.165, 1.54) is 6.21 Å². The van der Waals surface area contributed by atoms with Gasteiger partial charge < -0.3 is 24.9 Å². The number of hydrogen-bond donors (Lipinski definition) is 2. The summed E-state index contributed by atoms with van der Waals surface area (Å²) in [5.74, 6) is 3.18. The van der Waals surface area contributed by atoms with Gasteiger partial charge in [-0.25, -0.2) is 4.98 Å². The number of hydrogen-bond acceptors (Lipinski definition) is 5. The van der Waals surface area contributed by atoms with Gasteiger partial charge in [0.1, 0.15) is 29.7 Å². The molecule has 2 N–H and O–H groups in total. The number of rotatable bonds is 9. The minimum Gasteiger partial charge on any atom is -0.492 e. The lowest BCUT2D eigenvalue weighted by Crippen LogP contribution is -2.08. The highest BCUT2D eigenvalue weighted by Crippen LogP contribution is 2.24. The van der Waals surface area contributed by atoms with Crippen molar-refractivity contribution >= 4 is 11.9 Å². The number of imidazole rings is 1. The molecular weight excluding hydrogens is 340 g/mol. The second-order valence-corrected chi connectivity index (χ2v) is 6.00. The zero-order chi connectivity index (χ0) is 19.1. The second-order valence-electron chi connectivity index (χ2n) is 6.00. The molecule has 0 unspecified atom stereocenters. The van der Waals surface area contributed by atoms with Gasteiger partial charge in [0.25, 0.3) is 0 Å². The van der Waals surface area contributed by atoms with E-state index >= 15 is 0 Å². The van der Waals surface area contributed by atoms with E-state index in [0.717, 1.165) is 29.4 Å². The zero-order valence-electron chi connectivity index (χ0n) is 15.2. The van der Waals surface area contributed by atoms with Gasteiger partial charge >= 0.3 is 0 Å². The lowest BCUT2D eigenvalue weighted by atomic mass is 10.1. The number of nitrogens with zero attached hydrogens (tertiary/aromatic N) is 2. The van der Waals surface area contributed by atoms with Crippen LogP contribution in [-0.4, -0.2) is 28.1 Å². The molecule has 1 aromatic heterocycles. The van der Waals surface area contributed by atoms with Crippen molar-refractivity contribution in [1.82, 2.24) is 9.55 Å². The summed E-state index contributed by atoms with van der Waals surface area (Å²) in [7, 11) is 0. The predicted molar refractivity (Wildman–Crippen MR) is 106 cm³/mol. The molecule has 0 aliphatic rings. The summed E-state index contributed by atoms with van der Waals surface area (Å²) in [4.78, 5) is 4.19. The van der Waals surface area contributed by atoms with Gasteiger partial charge in [-0.2, -0.15) is 0 Å². The number of ether oxygens (including phenoxy) is 2. The molecule has 0 aliphatic heterocycles. The molecule has 0 saturated heterocycles. The fourth-order valence-corrected chi connectivity index (χ4v) is 2.59. The molecule has 138 valence electrons. The van der Waals surface area contributed by atoms with E-state index in [2.05, 4.69) is 4.98 Å². The Labute approximate surface area is 158 Å². The van der Waals surface area contributed by atoms with E-state index in [0.29, 0.717) is 24.5 Å². The Bertz CT molecular complexity index is 899. The summed E-state index contributed by atoms with van der Waals surface area (Å²) in [6.45, 7) is 3.29. The van der Waals surface area contributed by atoms with Crippen LogP contribution >= 0.6 is 0 Å². The molecule has 3 aromatic rings. The van der Waals surface area contributed by atoms with Gasteiger partial charge in [0.2, 0.25) is 0 Å². The zero-order valence-corrected chi connectivity index (χ0v) is 15.2. The normalized spacial score (nSPS) is 10.4. The molecule has 0 bridgehead atoms. The van der Waals surface area contributed by atoms with E-state index in [1.54, 1.807) is 6.20 Å². The van der Waals surface area contributed by atoms with Crippen molar-refractivity contribution in [1.29, 1.82) is 10.8 Å². The molecule has 0 spiro atoms. The van der Waals surface area contributed by atoms with Crippen molar-refractivity contribution in [2.45, 2.75) is 19.9 Å². The van der Waals surface area contributed by atoms with Gasteiger partial charge in [-0.15, -0.1) is 0 Å². The summed E-state index contributed by atoms with van der Waals surface area (Å²) in [5.41, 5.74) is 1.21. The van der Waals surface area contributed by atoms with Crippen molar-refractivity contribution in [3.05, 3.63) is 72.3 Å². The van der Waals surface area contributed by atoms with Crippen LogP contribution in [0.2, 0.25) is 0 Å². The monoisotopic (exact) mass is 362 g/mol. The largest absolute Gasteiger partial charge is 0.492 e. The van der Waals surface area contributed by atoms with Crippen molar-refractivity contribution in [2.24, 2.45) is 0 Å². The third kappa shape index (κ3) is 5.04. The maximum Gasteiger partial charge on any atom is 0.127 e. The van der Waals surface area contributed by atoms with Crippen molar-refractivity contribution in [3.8, 4) is 17.2 Å². The van der Waals surface area contributed by atoms with Crippen LogP contribution < -0.4 is 9.47 Å².